The van der Waals surface area contributed by atoms with Crippen molar-refractivity contribution in [2.45, 2.75) is 43.8 Å². The molecule has 0 radical (unpaired) electrons. The smallest absolute Gasteiger partial charge is 0.352 e. The number of aromatic hydroxyl groups is 2. The van der Waals surface area contributed by atoms with Gasteiger partial charge in [-0.15, -0.1) is 23.1 Å². The molecule has 2 atom stereocenters. The van der Waals surface area contributed by atoms with Crippen molar-refractivity contribution in [3.8, 4) is 11.5 Å². The van der Waals surface area contributed by atoms with Crippen molar-refractivity contribution >= 4 is 81.0 Å². The number of nitrogens with two attached hydrogens (primary N) is 2. The van der Waals surface area contributed by atoms with Crippen molar-refractivity contribution in [1.82, 2.24) is 25.5 Å². The Hall–Kier alpha value is -6.49. The Morgan fingerprint density at radius 2 is 1.89 bits per heavy atom. The number of thiazole rings is 1. The Bertz CT molecular complexity index is 2120. The van der Waals surface area contributed by atoms with Crippen LogP contribution >= 0.6 is 23.1 Å². The summed E-state index contributed by atoms with van der Waals surface area (Å²) in [5.41, 5.74) is 9.51. The van der Waals surface area contributed by atoms with Crippen LogP contribution in [0.3, 0.4) is 0 Å². The summed E-state index contributed by atoms with van der Waals surface area (Å²) < 4.78 is 1.45. The number of phenols is 2. The number of hydrogen-bond acceptors (Lipinski definition) is 16. The fourth-order valence-corrected chi connectivity index (χ4v) is 6.84. The van der Waals surface area contributed by atoms with Gasteiger partial charge in [0.1, 0.15) is 35.5 Å². The molecule has 4 amide bonds. The molecule has 1 aromatic carbocycles. The van der Waals surface area contributed by atoms with Gasteiger partial charge < -0.3 is 52.7 Å². The highest BCUT2D eigenvalue weighted by atomic mass is 32.2. The van der Waals surface area contributed by atoms with Crippen molar-refractivity contribution in [3.63, 3.8) is 0 Å². The molecular formula is C31H33N10O11S2+. The van der Waals surface area contributed by atoms with E-state index in [0.717, 1.165) is 28.4 Å². The minimum atomic E-state index is -1.82. The fraction of sp³-hybridized carbons (Fsp3) is 0.290. The van der Waals surface area contributed by atoms with Crippen LogP contribution in [0.4, 0.5) is 16.6 Å². The first kappa shape index (κ1) is 38.7. The molecule has 0 unspecified atom stereocenters. The zero-order valence-electron chi connectivity index (χ0n) is 28.3. The number of β-lactam (4-membered cyclic amide) rings is 1. The lowest BCUT2D eigenvalue weighted by Gasteiger charge is -2.49. The molecule has 1 fully saturated rings. The average Bonchev–Trinajstić information content (AvgIpc) is 3.54. The summed E-state index contributed by atoms with van der Waals surface area (Å²) in [6.45, 7) is 2.26. The summed E-state index contributed by atoms with van der Waals surface area (Å²) >= 11 is 2.16. The van der Waals surface area contributed by atoms with E-state index in [0.29, 0.717) is 5.57 Å². The molecule has 5 rings (SSSR count). The number of oxime groups is 1. The molecule has 4 heterocycles. The molecule has 21 nitrogen and oxygen atoms in total. The largest absolute Gasteiger partial charge is 0.504 e. The average molecular weight is 786 g/mol. The third-order valence-electron chi connectivity index (χ3n) is 7.84. The van der Waals surface area contributed by atoms with Crippen LogP contribution in [0.1, 0.15) is 36.3 Å². The van der Waals surface area contributed by atoms with Gasteiger partial charge in [0.25, 0.3) is 29.9 Å². The second kappa shape index (κ2) is 15.6. The maximum absolute atomic E-state index is 13.4. The zero-order valence-corrected chi connectivity index (χ0v) is 29.9. The van der Waals surface area contributed by atoms with Gasteiger partial charge in [0.15, 0.2) is 28.0 Å². The number of carbonyl (C=O) groups is 6. The van der Waals surface area contributed by atoms with E-state index in [9.17, 15) is 49.2 Å². The Morgan fingerprint density at radius 3 is 2.54 bits per heavy atom. The number of amides is 4. The van der Waals surface area contributed by atoms with Crippen LogP contribution in [0.5, 0.6) is 11.5 Å². The second-order valence-corrected chi connectivity index (χ2v) is 14.1. The predicted octanol–water partition coefficient (Wildman–Crippen LogP) is -0.817. The zero-order chi connectivity index (χ0) is 39.5. The van der Waals surface area contributed by atoms with Gasteiger partial charge >= 0.3 is 11.9 Å². The second-order valence-electron chi connectivity index (χ2n) is 12.1. The van der Waals surface area contributed by atoms with Crippen molar-refractivity contribution in [3.05, 3.63) is 58.6 Å². The lowest BCUT2D eigenvalue weighted by Crippen LogP contribution is -2.71. The first-order valence-corrected chi connectivity index (χ1v) is 17.6. The maximum atomic E-state index is 13.4. The van der Waals surface area contributed by atoms with E-state index in [1.54, 1.807) is 0 Å². The quantitative estimate of drug-likeness (QED) is 0.0317. The molecule has 0 aliphatic carbocycles. The van der Waals surface area contributed by atoms with Gasteiger partial charge in [-0.3, -0.25) is 24.1 Å². The van der Waals surface area contributed by atoms with Crippen LogP contribution in [0.2, 0.25) is 0 Å². The minimum Gasteiger partial charge on any atom is -0.504 e. The van der Waals surface area contributed by atoms with E-state index in [1.807, 2.05) is 0 Å². The van der Waals surface area contributed by atoms with Crippen molar-refractivity contribution in [1.29, 1.82) is 0 Å². The Morgan fingerprint density at radius 1 is 1.15 bits per heavy atom. The molecule has 2 aliphatic heterocycles. The molecular weight excluding hydrogens is 753 g/mol. The van der Waals surface area contributed by atoms with Crippen LogP contribution in [0, 0.1) is 0 Å². The van der Waals surface area contributed by atoms with Crippen LogP contribution in [-0.2, 0) is 35.4 Å². The SMILES string of the molecule is CC(C)(O/N=C(\C(=O)N[C@@H]1C(=O)N2C(C(=O)O)=C(C[n+]3cnc(N)c(NC(=O)CCNC(=O)c4ccc(O)c(O)c4)c3)CS[C@H]12)c1csc(N)n1)C(=O)O. The summed E-state index contributed by atoms with van der Waals surface area (Å²) in [7, 11) is 0. The molecule has 0 saturated carbocycles. The number of hydrogen-bond donors (Lipinski definition) is 9. The summed E-state index contributed by atoms with van der Waals surface area (Å²) in [4.78, 5) is 89.9. The highest BCUT2D eigenvalue weighted by Crippen LogP contribution is 2.40. The number of nitrogen functional groups attached to an aromatic ring is 2. The normalized spacial score (nSPS) is 16.9. The number of anilines is 3. The van der Waals surface area contributed by atoms with Gasteiger partial charge in [0, 0.05) is 35.2 Å². The number of aliphatic carboxylic acids is 2. The standard InChI is InChI=1S/C31H32N10O11S2/c1-31(2,29(50)51)52-39-20(16-11-54-30(33)37-16)25(46)38-21-26(47)41-22(28(48)49)14(10-53-27(21)41)8-40-9-15(23(32)35-12-40)36-19(44)5-6-34-24(45)13-3-4-17(42)18(43)7-13/h3-4,7,9,11-12,21,27,32H,5-6,8,10H2,1-2H3,(H9,33,34,36,37,38,39,42,43,44,45,46,48,49,50,51)/p+1/t21-,27-/m1/s1. The first-order valence-electron chi connectivity index (χ1n) is 15.6. The van der Waals surface area contributed by atoms with E-state index >= 15 is 0 Å². The molecule has 54 heavy (non-hydrogen) atoms. The molecule has 23 heteroatoms. The number of benzene rings is 1. The molecule has 284 valence electrons. The van der Waals surface area contributed by atoms with E-state index in [-0.39, 0.29) is 58.9 Å². The third kappa shape index (κ3) is 8.42. The number of nitrogens with one attached hydrogen (secondary N) is 3. The first-order chi connectivity index (χ1) is 25.5. The third-order valence-corrected chi connectivity index (χ3v) is 9.85. The topological polar surface area (TPSA) is 326 Å². The minimum absolute atomic E-state index is 0.0338. The number of thioether (sulfide) groups is 1. The van der Waals surface area contributed by atoms with Gasteiger partial charge in [0.05, 0.1) is 0 Å². The molecule has 0 spiro atoms. The van der Waals surface area contributed by atoms with Crippen LogP contribution in [0.15, 0.2) is 52.5 Å². The molecule has 2 aliphatic rings. The Labute approximate surface area is 312 Å². The van der Waals surface area contributed by atoms with Gasteiger partial charge in [-0.05, 0) is 37.0 Å². The summed E-state index contributed by atoms with van der Waals surface area (Å²) in [6.07, 6.45) is 2.55. The fourth-order valence-electron chi connectivity index (χ4n) is 4.96. The van der Waals surface area contributed by atoms with Gasteiger partial charge in [0.2, 0.25) is 11.5 Å². The monoisotopic (exact) mass is 785 g/mol. The Kier molecular flexibility index (Phi) is 11.2. The number of rotatable bonds is 14. The van der Waals surface area contributed by atoms with Crippen LogP contribution in [-0.4, -0.2) is 106 Å². The van der Waals surface area contributed by atoms with Gasteiger partial charge in [-0.25, -0.2) is 19.1 Å². The van der Waals surface area contributed by atoms with E-state index in [4.69, 9.17) is 16.3 Å². The molecule has 2 aromatic heterocycles. The number of phenolic OH excluding ortho intramolecular Hbond substituents is 2. The lowest BCUT2D eigenvalue weighted by molar-refractivity contribution is -0.691. The molecule has 0 bridgehead atoms. The summed E-state index contributed by atoms with van der Waals surface area (Å²) in [5.74, 6) is -6.38. The van der Waals surface area contributed by atoms with Gasteiger partial charge in [-0.1, -0.05) is 5.16 Å². The number of carboxylic acid groups (broad SMARTS) is 2. The van der Waals surface area contributed by atoms with Crippen LogP contribution in [0.25, 0.3) is 0 Å². The lowest BCUT2D eigenvalue weighted by atomic mass is 10.0. The summed E-state index contributed by atoms with van der Waals surface area (Å²) in [5, 5.41) is 50.5. The maximum Gasteiger partial charge on any atom is 0.352 e. The summed E-state index contributed by atoms with van der Waals surface area (Å²) in [6, 6.07) is 2.33. The number of aromatic nitrogens is 3. The number of nitrogens with zero attached hydrogens (tertiary/aromatic N) is 5. The number of carboxylic acids is 2. The van der Waals surface area contributed by atoms with E-state index in [1.165, 1.54) is 54.1 Å². The molecule has 11 N–H and O–H groups in total. The highest BCUT2D eigenvalue weighted by Gasteiger charge is 2.54. The predicted molar refractivity (Wildman–Crippen MR) is 190 cm³/mol. The van der Waals surface area contributed by atoms with Crippen LogP contribution < -0.4 is 32.0 Å². The number of fused-ring (bicyclic) bond motifs is 1. The highest BCUT2D eigenvalue weighted by molar-refractivity contribution is 8.00. The molecule has 1 saturated heterocycles. The molecule has 3 aromatic rings. The van der Waals surface area contributed by atoms with Crippen molar-refractivity contribution < 1.29 is 58.6 Å². The number of carbonyl (C=O) groups excluding carboxylic acids is 4. The van der Waals surface area contributed by atoms with Crippen molar-refractivity contribution in [2.75, 3.05) is 29.1 Å². The van der Waals surface area contributed by atoms with E-state index in [2.05, 4.69) is 31.1 Å². The Balaban J connectivity index is 1.24. The van der Waals surface area contributed by atoms with Gasteiger partial charge in [-0.2, -0.15) is 0 Å². The van der Waals surface area contributed by atoms with E-state index < -0.39 is 69.8 Å². The van der Waals surface area contributed by atoms with Crippen molar-refractivity contribution in [2.24, 2.45) is 5.16 Å².